The predicted octanol–water partition coefficient (Wildman–Crippen LogP) is 4.80. The van der Waals surface area contributed by atoms with Crippen molar-refractivity contribution in [2.75, 3.05) is 24.4 Å². The van der Waals surface area contributed by atoms with E-state index in [4.69, 9.17) is 9.47 Å². The number of hydrogen-bond donors (Lipinski definition) is 1. The van der Waals surface area contributed by atoms with E-state index in [0.717, 1.165) is 16.9 Å². The van der Waals surface area contributed by atoms with E-state index in [-0.39, 0.29) is 11.3 Å². The number of amides is 2. The zero-order valence-electron chi connectivity index (χ0n) is 18.5. The number of hydrogen-bond acceptors (Lipinski definition) is 5. The van der Waals surface area contributed by atoms with E-state index in [1.807, 2.05) is 19.1 Å². The Balaban J connectivity index is 1.79. The molecule has 4 rings (SSSR count). The van der Waals surface area contributed by atoms with Gasteiger partial charge in [0.15, 0.2) is 11.5 Å². The maximum atomic E-state index is 13.5. The molecule has 3 aromatic carbocycles. The summed E-state index contributed by atoms with van der Waals surface area (Å²) in [6.45, 7) is 2.03. The number of ether oxygens (including phenoxy) is 2. The van der Waals surface area contributed by atoms with Crippen LogP contribution in [0.3, 0.4) is 0 Å². The van der Waals surface area contributed by atoms with Gasteiger partial charge >= 0.3 is 0 Å². The van der Waals surface area contributed by atoms with Crippen molar-refractivity contribution in [3.05, 3.63) is 89.4 Å². The molecule has 1 aliphatic heterocycles. The maximum absolute atomic E-state index is 13.5. The van der Waals surface area contributed by atoms with Gasteiger partial charge in [-0.15, -0.1) is 0 Å². The molecular formula is C26H23FN2O4. The highest BCUT2D eigenvalue weighted by molar-refractivity contribution is 6.46. The molecule has 0 unspecified atom stereocenters. The first kappa shape index (κ1) is 22.1. The number of nitrogens with zero attached hydrogens (tertiary/aromatic N) is 1. The van der Waals surface area contributed by atoms with Crippen LogP contribution in [-0.4, -0.2) is 26.0 Å². The Hall–Kier alpha value is -4.13. The Kier molecular flexibility index (Phi) is 6.13. The summed E-state index contributed by atoms with van der Waals surface area (Å²) in [4.78, 5) is 28.0. The van der Waals surface area contributed by atoms with Crippen molar-refractivity contribution in [2.45, 2.75) is 13.3 Å². The zero-order valence-corrected chi connectivity index (χ0v) is 18.5. The lowest BCUT2D eigenvalue weighted by molar-refractivity contribution is -0.120. The summed E-state index contributed by atoms with van der Waals surface area (Å²) >= 11 is 0. The van der Waals surface area contributed by atoms with E-state index >= 15 is 0 Å². The van der Waals surface area contributed by atoms with Crippen LogP contribution in [0, 0.1) is 5.82 Å². The quantitative estimate of drug-likeness (QED) is 0.528. The van der Waals surface area contributed by atoms with E-state index < -0.39 is 17.6 Å². The van der Waals surface area contributed by atoms with Gasteiger partial charge in [0.1, 0.15) is 11.5 Å². The van der Waals surface area contributed by atoms with E-state index in [1.165, 1.54) is 38.5 Å². The first-order valence-corrected chi connectivity index (χ1v) is 10.4. The normalized spacial score (nSPS) is 13.5. The van der Waals surface area contributed by atoms with Crippen LogP contribution in [0.1, 0.15) is 18.1 Å². The van der Waals surface area contributed by atoms with Crippen LogP contribution in [-0.2, 0) is 16.0 Å². The summed E-state index contributed by atoms with van der Waals surface area (Å²) in [7, 11) is 3.04. The lowest BCUT2D eigenvalue weighted by Gasteiger charge is -2.16. The van der Waals surface area contributed by atoms with Gasteiger partial charge in [-0.05, 0) is 53.9 Å². The number of nitrogens with one attached hydrogen (secondary N) is 1. The number of benzene rings is 3. The standard InChI is InChI=1S/C26H23FN2O4/c1-4-16-5-12-20(13-6-16)29-25(30)23(17-7-9-18(27)10-8-17)24(26(29)31)28-19-11-14-21(32-2)22(15-19)33-3/h5-15,28H,4H2,1-3H3. The van der Waals surface area contributed by atoms with E-state index in [9.17, 15) is 14.0 Å². The molecule has 6 nitrogen and oxygen atoms in total. The lowest BCUT2D eigenvalue weighted by atomic mass is 10.0. The fraction of sp³-hybridized carbons (Fsp3) is 0.154. The molecule has 0 aliphatic carbocycles. The van der Waals surface area contributed by atoms with Gasteiger partial charge in [-0.25, -0.2) is 9.29 Å². The largest absolute Gasteiger partial charge is 0.493 e. The third-order valence-corrected chi connectivity index (χ3v) is 5.47. The molecule has 0 aromatic heterocycles. The van der Waals surface area contributed by atoms with Crippen LogP contribution in [0.15, 0.2) is 72.4 Å². The number of carbonyl (C=O) groups is 2. The van der Waals surface area contributed by atoms with Crippen molar-refractivity contribution in [2.24, 2.45) is 0 Å². The molecule has 2 amide bonds. The topological polar surface area (TPSA) is 67.9 Å². The Morgan fingerprint density at radius 1 is 0.848 bits per heavy atom. The van der Waals surface area contributed by atoms with Crippen molar-refractivity contribution in [1.29, 1.82) is 0 Å². The molecule has 0 bridgehead atoms. The molecule has 0 saturated carbocycles. The minimum absolute atomic E-state index is 0.0957. The van der Waals surface area contributed by atoms with E-state index in [1.54, 1.807) is 30.3 Å². The predicted molar refractivity (Wildman–Crippen MR) is 125 cm³/mol. The number of methoxy groups -OCH3 is 2. The molecule has 7 heteroatoms. The average Bonchev–Trinajstić information content (AvgIpc) is 3.08. The highest BCUT2D eigenvalue weighted by Crippen LogP contribution is 2.36. The SMILES string of the molecule is CCc1ccc(N2C(=O)C(Nc3ccc(OC)c(OC)c3)=C(c3ccc(F)cc3)C2=O)cc1. The van der Waals surface area contributed by atoms with Crippen LogP contribution < -0.4 is 19.7 Å². The van der Waals surface area contributed by atoms with Gasteiger partial charge in [-0.1, -0.05) is 31.2 Å². The molecule has 0 spiro atoms. The van der Waals surface area contributed by atoms with Crippen LogP contribution in [0.5, 0.6) is 11.5 Å². The smallest absolute Gasteiger partial charge is 0.282 e. The van der Waals surface area contributed by atoms with Crippen molar-refractivity contribution < 1.29 is 23.5 Å². The molecule has 0 saturated heterocycles. The highest BCUT2D eigenvalue weighted by Gasteiger charge is 2.40. The van der Waals surface area contributed by atoms with Gasteiger partial charge in [0.25, 0.3) is 11.8 Å². The molecule has 168 valence electrons. The minimum Gasteiger partial charge on any atom is -0.493 e. The lowest BCUT2D eigenvalue weighted by Crippen LogP contribution is -2.32. The summed E-state index contributed by atoms with van der Waals surface area (Å²) < 4.78 is 24.1. The van der Waals surface area contributed by atoms with Crippen molar-refractivity contribution in [1.82, 2.24) is 0 Å². The van der Waals surface area contributed by atoms with Crippen LogP contribution in [0.2, 0.25) is 0 Å². The number of rotatable bonds is 7. The summed E-state index contributed by atoms with van der Waals surface area (Å²) in [6, 6.07) is 17.8. The number of halogens is 1. The zero-order chi connectivity index (χ0) is 23.5. The summed E-state index contributed by atoms with van der Waals surface area (Å²) in [5, 5.41) is 3.07. The van der Waals surface area contributed by atoms with Crippen molar-refractivity contribution in [3.63, 3.8) is 0 Å². The van der Waals surface area contributed by atoms with E-state index in [0.29, 0.717) is 28.4 Å². The van der Waals surface area contributed by atoms with Crippen molar-refractivity contribution >= 4 is 28.8 Å². The second-order valence-electron chi connectivity index (χ2n) is 7.42. The molecule has 1 heterocycles. The first-order valence-electron chi connectivity index (χ1n) is 10.4. The van der Waals surface area contributed by atoms with Gasteiger partial charge in [-0.3, -0.25) is 9.59 Å². The van der Waals surface area contributed by atoms with Gasteiger partial charge < -0.3 is 14.8 Å². The second kappa shape index (κ2) is 9.16. The third-order valence-electron chi connectivity index (χ3n) is 5.47. The van der Waals surface area contributed by atoms with Gasteiger partial charge in [-0.2, -0.15) is 0 Å². The molecule has 3 aromatic rings. The number of aryl methyl sites for hydroxylation is 1. The fourth-order valence-corrected chi connectivity index (χ4v) is 3.70. The molecule has 33 heavy (non-hydrogen) atoms. The molecular weight excluding hydrogens is 423 g/mol. The van der Waals surface area contributed by atoms with Crippen LogP contribution >= 0.6 is 0 Å². The van der Waals surface area contributed by atoms with Crippen LogP contribution in [0.4, 0.5) is 15.8 Å². The third kappa shape index (κ3) is 4.17. The monoisotopic (exact) mass is 446 g/mol. The molecule has 1 N–H and O–H groups in total. The molecule has 1 aliphatic rings. The van der Waals surface area contributed by atoms with Gasteiger partial charge in [0.05, 0.1) is 25.5 Å². The Morgan fingerprint density at radius 3 is 2.12 bits per heavy atom. The Labute approximate surface area is 191 Å². The summed E-state index contributed by atoms with van der Waals surface area (Å²) in [5.41, 5.74) is 2.78. The Bertz CT molecular complexity index is 1230. The number of carbonyl (C=O) groups excluding carboxylic acids is 2. The first-order chi connectivity index (χ1) is 16.0. The maximum Gasteiger partial charge on any atom is 0.282 e. The number of imide groups is 1. The second-order valence-corrected chi connectivity index (χ2v) is 7.42. The minimum atomic E-state index is -0.502. The molecule has 0 radical (unpaired) electrons. The molecule has 0 atom stereocenters. The summed E-state index contributed by atoms with van der Waals surface area (Å²) in [6.07, 6.45) is 0.841. The fourth-order valence-electron chi connectivity index (χ4n) is 3.70. The van der Waals surface area contributed by atoms with Crippen LogP contribution in [0.25, 0.3) is 5.57 Å². The number of anilines is 2. The highest BCUT2D eigenvalue weighted by atomic mass is 19.1. The van der Waals surface area contributed by atoms with Gasteiger partial charge in [0, 0.05) is 11.8 Å². The Morgan fingerprint density at radius 2 is 1.52 bits per heavy atom. The summed E-state index contributed by atoms with van der Waals surface area (Å²) in [5.74, 6) is -0.424. The van der Waals surface area contributed by atoms with Crippen molar-refractivity contribution in [3.8, 4) is 11.5 Å². The van der Waals surface area contributed by atoms with E-state index in [2.05, 4.69) is 5.32 Å². The van der Waals surface area contributed by atoms with Gasteiger partial charge in [0.2, 0.25) is 0 Å². The average molecular weight is 446 g/mol. The molecule has 0 fully saturated rings.